The zero-order valence-electron chi connectivity index (χ0n) is 9.86. The predicted octanol–water partition coefficient (Wildman–Crippen LogP) is 1.82. The summed E-state index contributed by atoms with van der Waals surface area (Å²) < 4.78 is 0. The molecule has 6 nitrogen and oxygen atoms in total. The monoisotopic (exact) mass is 248 g/mol. The molecule has 1 aromatic rings. The summed E-state index contributed by atoms with van der Waals surface area (Å²) in [5.74, 6) is -1.02. The van der Waals surface area contributed by atoms with Gasteiger partial charge in [0.05, 0.1) is 16.1 Å². The summed E-state index contributed by atoms with van der Waals surface area (Å²) >= 11 is 0. The quantitative estimate of drug-likeness (QED) is 0.500. The Morgan fingerprint density at radius 2 is 2.00 bits per heavy atom. The summed E-state index contributed by atoms with van der Waals surface area (Å²) in [4.78, 5) is 33.6. The third-order valence-electron chi connectivity index (χ3n) is 2.96. The number of nitro groups is 1. The van der Waals surface area contributed by atoms with Crippen LogP contribution in [0.25, 0.3) is 0 Å². The Labute approximate surface area is 103 Å². The molecule has 18 heavy (non-hydrogen) atoms. The number of nitrogens with one attached hydrogen (secondary N) is 1. The highest BCUT2D eigenvalue weighted by atomic mass is 16.6. The van der Waals surface area contributed by atoms with Gasteiger partial charge in [0.15, 0.2) is 0 Å². The minimum atomic E-state index is -0.537. The van der Waals surface area contributed by atoms with Crippen LogP contribution in [0.1, 0.15) is 46.0 Å². The Bertz CT molecular complexity index is 551. The number of unbranched alkanes of at least 4 members (excludes halogenated alkanes) is 1. The number of fused-ring (bicyclic) bond motifs is 1. The van der Waals surface area contributed by atoms with E-state index in [-0.39, 0.29) is 16.8 Å². The number of nitro benzene ring substituents is 1. The molecular weight excluding hydrogens is 236 g/mol. The molecule has 2 rings (SSSR count). The van der Waals surface area contributed by atoms with Crippen LogP contribution >= 0.6 is 0 Å². The molecule has 1 aliphatic heterocycles. The van der Waals surface area contributed by atoms with Crippen molar-refractivity contribution < 1.29 is 14.5 Å². The van der Waals surface area contributed by atoms with Gasteiger partial charge in [0.25, 0.3) is 17.5 Å². The van der Waals surface area contributed by atoms with Crippen LogP contribution in [0.3, 0.4) is 0 Å². The molecule has 0 saturated carbocycles. The van der Waals surface area contributed by atoms with E-state index in [1.54, 1.807) is 0 Å². The number of nitrogens with zero attached hydrogens (tertiary/aromatic N) is 1. The fourth-order valence-electron chi connectivity index (χ4n) is 2.10. The maximum atomic E-state index is 11.7. The average molecular weight is 248 g/mol. The molecule has 0 bridgehead atoms. The number of rotatable bonds is 4. The molecular formula is C12H12N2O4. The van der Waals surface area contributed by atoms with E-state index < -0.39 is 16.7 Å². The minimum absolute atomic E-state index is 0.0907. The van der Waals surface area contributed by atoms with Gasteiger partial charge in [-0.3, -0.25) is 25.0 Å². The maximum Gasteiger partial charge on any atom is 0.273 e. The minimum Gasteiger partial charge on any atom is -0.288 e. The van der Waals surface area contributed by atoms with Gasteiger partial charge in [-0.1, -0.05) is 13.3 Å². The Morgan fingerprint density at radius 1 is 1.28 bits per heavy atom. The molecule has 0 spiro atoms. The van der Waals surface area contributed by atoms with Crippen LogP contribution in [0.5, 0.6) is 0 Å². The van der Waals surface area contributed by atoms with Gasteiger partial charge in [-0.25, -0.2) is 0 Å². The van der Waals surface area contributed by atoms with Crippen LogP contribution in [-0.2, 0) is 6.42 Å². The number of carbonyl (C=O) groups excluding carboxylic acids is 2. The van der Waals surface area contributed by atoms with Gasteiger partial charge in [0, 0.05) is 11.6 Å². The SMILES string of the molecule is CCCCc1c([N+](=O)[O-])ccc2c1C(=O)NC2=O. The Balaban J connectivity index is 2.60. The lowest BCUT2D eigenvalue weighted by Crippen LogP contribution is -2.20. The topological polar surface area (TPSA) is 89.3 Å². The van der Waals surface area contributed by atoms with Crippen LogP contribution in [0.4, 0.5) is 5.69 Å². The molecule has 2 amide bonds. The van der Waals surface area contributed by atoms with Crippen molar-refractivity contribution >= 4 is 17.5 Å². The van der Waals surface area contributed by atoms with Crippen LogP contribution in [-0.4, -0.2) is 16.7 Å². The molecule has 6 heteroatoms. The van der Waals surface area contributed by atoms with Gasteiger partial charge < -0.3 is 0 Å². The third kappa shape index (κ3) is 1.85. The van der Waals surface area contributed by atoms with Crippen molar-refractivity contribution in [2.75, 3.05) is 0 Å². The maximum absolute atomic E-state index is 11.7. The van der Waals surface area contributed by atoms with E-state index in [0.29, 0.717) is 12.0 Å². The van der Waals surface area contributed by atoms with Gasteiger partial charge >= 0.3 is 0 Å². The molecule has 1 aromatic carbocycles. The first-order chi connectivity index (χ1) is 8.56. The summed E-state index contributed by atoms with van der Waals surface area (Å²) in [6, 6.07) is 2.63. The lowest BCUT2D eigenvalue weighted by molar-refractivity contribution is -0.385. The Hall–Kier alpha value is -2.24. The number of carbonyl (C=O) groups is 2. The molecule has 0 unspecified atom stereocenters. The van der Waals surface area contributed by atoms with E-state index in [2.05, 4.69) is 5.32 Å². The largest absolute Gasteiger partial charge is 0.288 e. The molecule has 0 aliphatic carbocycles. The highest BCUT2D eigenvalue weighted by Crippen LogP contribution is 2.29. The van der Waals surface area contributed by atoms with E-state index in [9.17, 15) is 19.7 Å². The van der Waals surface area contributed by atoms with Crippen molar-refractivity contribution in [1.29, 1.82) is 0 Å². The Kier molecular flexibility index (Phi) is 3.10. The molecule has 0 aromatic heterocycles. The van der Waals surface area contributed by atoms with Crippen molar-refractivity contribution in [1.82, 2.24) is 5.32 Å². The molecule has 1 heterocycles. The first-order valence-corrected chi connectivity index (χ1v) is 5.72. The molecule has 0 atom stereocenters. The lowest BCUT2D eigenvalue weighted by Gasteiger charge is -2.06. The van der Waals surface area contributed by atoms with E-state index in [1.165, 1.54) is 12.1 Å². The summed E-state index contributed by atoms with van der Waals surface area (Å²) in [6.07, 6.45) is 2.02. The van der Waals surface area contributed by atoms with Crippen molar-refractivity contribution in [2.24, 2.45) is 0 Å². The fourth-order valence-corrected chi connectivity index (χ4v) is 2.10. The number of imide groups is 1. The van der Waals surface area contributed by atoms with Gasteiger partial charge in [-0.05, 0) is 18.9 Å². The van der Waals surface area contributed by atoms with Gasteiger partial charge in [-0.15, -0.1) is 0 Å². The number of hydrogen-bond acceptors (Lipinski definition) is 4. The van der Waals surface area contributed by atoms with E-state index >= 15 is 0 Å². The zero-order chi connectivity index (χ0) is 13.3. The number of amides is 2. The molecule has 1 aliphatic rings. The number of benzene rings is 1. The lowest BCUT2D eigenvalue weighted by atomic mass is 9.96. The van der Waals surface area contributed by atoms with Gasteiger partial charge in [-0.2, -0.15) is 0 Å². The van der Waals surface area contributed by atoms with Crippen molar-refractivity contribution in [3.05, 3.63) is 38.9 Å². The van der Waals surface area contributed by atoms with E-state index in [0.717, 1.165) is 12.8 Å². The third-order valence-corrected chi connectivity index (χ3v) is 2.96. The normalized spacial score (nSPS) is 13.4. The predicted molar refractivity (Wildman–Crippen MR) is 63.5 cm³/mol. The van der Waals surface area contributed by atoms with Crippen molar-refractivity contribution in [3.8, 4) is 0 Å². The zero-order valence-corrected chi connectivity index (χ0v) is 9.86. The Morgan fingerprint density at radius 3 is 2.61 bits per heavy atom. The summed E-state index contributed by atoms with van der Waals surface area (Å²) in [5, 5.41) is 13.1. The number of hydrogen-bond donors (Lipinski definition) is 1. The van der Waals surface area contributed by atoms with Crippen molar-refractivity contribution in [3.63, 3.8) is 0 Å². The second-order valence-corrected chi connectivity index (χ2v) is 4.13. The highest BCUT2D eigenvalue weighted by molar-refractivity contribution is 6.22. The molecule has 1 N–H and O–H groups in total. The van der Waals surface area contributed by atoms with Crippen LogP contribution < -0.4 is 5.32 Å². The van der Waals surface area contributed by atoms with Gasteiger partial charge in [0.2, 0.25) is 0 Å². The molecule has 94 valence electrons. The first kappa shape index (κ1) is 12.2. The van der Waals surface area contributed by atoms with Crippen LogP contribution in [0, 0.1) is 10.1 Å². The fraction of sp³-hybridized carbons (Fsp3) is 0.333. The van der Waals surface area contributed by atoms with E-state index in [1.807, 2.05) is 6.92 Å². The average Bonchev–Trinajstić information content (AvgIpc) is 2.62. The highest BCUT2D eigenvalue weighted by Gasteiger charge is 2.33. The van der Waals surface area contributed by atoms with Crippen LogP contribution in [0.15, 0.2) is 12.1 Å². The smallest absolute Gasteiger partial charge is 0.273 e. The second-order valence-electron chi connectivity index (χ2n) is 4.13. The molecule has 0 radical (unpaired) electrons. The van der Waals surface area contributed by atoms with Crippen LogP contribution in [0.2, 0.25) is 0 Å². The second kappa shape index (κ2) is 4.56. The first-order valence-electron chi connectivity index (χ1n) is 5.72. The van der Waals surface area contributed by atoms with Gasteiger partial charge in [0.1, 0.15) is 0 Å². The summed E-state index contributed by atoms with van der Waals surface area (Å²) in [5.41, 5.74) is 0.675. The summed E-state index contributed by atoms with van der Waals surface area (Å²) in [7, 11) is 0. The van der Waals surface area contributed by atoms with E-state index in [4.69, 9.17) is 0 Å². The molecule has 0 saturated heterocycles. The van der Waals surface area contributed by atoms with Crippen molar-refractivity contribution in [2.45, 2.75) is 26.2 Å². The standard InChI is InChI=1S/C12H12N2O4/c1-2-3-4-7-9(14(17)18)6-5-8-10(7)12(16)13-11(8)15/h5-6H,2-4H2,1H3,(H,13,15,16). The molecule has 0 fully saturated rings. The summed E-state index contributed by atoms with van der Waals surface area (Å²) in [6.45, 7) is 1.96.